The first-order valence-corrected chi connectivity index (χ1v) is 13.8. The van der Waals surface area contributed by atoms with Crippen LogP contribution in [0.3, 0.4) is 0 Å². The van der Waals surface area contributed by atoms with E-state index in [1.165, 1.54) is 7.11 Å². The van der Waals surface area contributed by atoms with Gasteiger partial charge in [-0.2, -0.15) is 0 Å². The number of carbonyl (C=O) groups is 3. The topological polar surface area (TPSA) is 108 Å². The minimum atomic E-state index is -0.739. The van der Waals surface area contributed by atoms with Crippen molar-refractivity contribution in [2.24, 2.45) is 0 Å². The second-order valence-electron chi connectivity index (χ2n) is 10.1. The minimum Gasteiger partial charge on any atom is -0.423 e. The van der Waals surface area contributed by atoms with Gasteiger partial charge in [0, 0.05) is 18.2 Å². The zero-order chi connectivity index (χ0) is 32.5. The lowest BCUT2D eigenvalue weighted by Gasteiger charge is -2.14. The van der Waals surface area contributed by atoms with Gasteiger partial charge in [0.15, 0.2) is 0 Å². The summed E-state index contributed by atoms with van der Waals surface area (Å²) in [4.78, 5) is 36.5. The highest BCUT2D eigenvalue weighted by molar-refractivity contribution is 5.92. The predicted molar refractivity (Wildman–Crippen MR) is 172 cm³/mol. The summed E-state index contributed by atoms with van der Waals surface area (Å²) in [5.41, 5.74) is 5.31. The summed E-state index contributed by atoms with van der Waals surface area (Å²) in [5.74, 6) is -0.746. The highest BCUT2D eigenvalue weighted by Gasteiger charge is 2.16. The first kappa shape index (κ1) is 32.3. The van der Waals surface area contributed by atoms with E-state index in [-0.39, 0.29) is 23.5 Å². The van der Waals surface area contributed by atoms with Gasteiger partial charge >= 0.3 is 17.9 Å². The summed E-state index contributed by atoms with van der Waals surface area (Å²) in [6.07, 6.45) is 0. The van der Waals surface area contributed by atoms with Crippen LogP contribution in [0.1, 0.15) is 6.92 Å². The van der Waals surface area contributed by atoms with E-state index in [4.69, 9.17) is 18.9 Å². The van der Waals surface area contributed by atoms with E-state index in [9.17, 15) is 19.5 Å². The van der Waals surface area contributed by atoms with Gasteiger partial charge < -0.3 is 24.1 Å². The van der Waals surface area contributed by atoms with E-state index in [0.717, 1.165) is 27.8 Å². The molecule has 0 heterocycles. The summed E-state index contributed by atoms with van der Waals surface area (Å²) < 4.78 is 21.2. The number of aliphatic hydroxyl groups excluding tert-OH is 1. The Morgan fingerprint density at radius 3 is 1.56 bits per heavy atom. The zero-order valence-electron chi connectivity index (χ0n) is 25.0. The van der Waals surface area contributed by atoms with Crippen LogP contribution in [0.15, 0.2) is 127 Å². The first-order valence-electron chi connectivity index (χ1n) is 13.8. The molecule has 228 valence electrons. The fraction of sp³-hybridized carbons (Fsp3) is 0.108. The molecule has 0 saturated carbocycles. The summed E-state index contributed by atoms with van der Waals surface area (Å²) in [5, 5.41) is 9.35. The van der Waals surface area contributed by atoms with Crippen molar-refractivity contribution >= 4 is 17.9 Å². The Balaban J connectivity index is 1.62. The quantitative estimate of drug-likeness (QED) is 0.108. The molecule has 0 spiro atoms. The Morgan fingerprint density at radius 1 is 0.600 bits per heavy atom. The molecule has 4 aromatic carbocycles. The molecule has 0 aromatic heterocycles. The van der Waals surface area contributed by atoms with Crippen molar-refractivity contribution in [1.29, 1.82) is 0 Å². The molecule has 45 heavy (non-hydrogen) atoms. The van der Waals surface area contributed by atoms with E-state index in [0.29, 0.717) is 22.6 Å². The standard InChI is InChI=1S/C37H32O8/c1-23(2)35(39)43-31-15-10-27(11-16-31)26-6-8-29(9-7-26)33-20-30(14-19-34(33)45-36(40)24(3)21-38)28-12-17-32(18-13-28)44-37(41)25(4)22-42-5/h6-20,38H,1,3-4,21-22H2,2,5H3. The van der Waals surface area contributed by atoms with Crippen LogP contribution in [0.4, 0.5) is 0 Å². The van der Waals surface area contributed by atoms with Crippen LogP contribution in [0.25, 0.3) is 33.4 Å². The fourth-order valence-electron chi connectivity index (χ4n) is 4.14. The monoisotopic (exact) mass is 604 g/mol. The predicted octanol–water partition coefficient (Wildman–Crippen LogP) is 6.73. The van der Waals surface area contributed by atoms with Gasteiger partial charge in [0.05, 0.1) is 24.4 Å². The van der Waals surface area contributed by atoms with E-state index in [1.54, 1.807) is 55.5 Å². The van der Waals surface area contributed by atoms with Crippen LogP contribution in [0, 0.1) is 0 Å². The largest absolute Gasteiger partial charge is 0.423 e. The molecule has 0 aliphatic heterocycles. The molecule has 4 aromatic rings. The molecular weight excluding hydrogens is 572 g/mol. The number of methoxy groups -OCH3 is 1. The maximum absolute atomic E-state index is 12.5. The second-order valence-corrected chi connectivity index (χ2v) is 10.1. The van der Waals surface area contributed by atoms with Gasteiger partial charge in [0.2, 0.25) is 0 Å². The van der Waals surface area contributed by atoms with Gasteiger partial charge in [0.25, 0.3) is 0 Å². The number of aliphatic hydroxyl groups is 1. The number of rotatable bonds is 12. The molecule has 0 atom stereocenters. The lowest BCUT2D eigenvalue weighted by Crippen LogP contribution is -2.13. The van der Waals surface area contributed by atoms with Crippen molar-refractivity contribution in [2.75, 3.05) is 20.3 Å². The number of esters is 3. The third-order valence-electron chi connectivity index (χ3n) is 6.61. The summed E-state index contributed by atoms with van der Waals surface area (Å²) in [6.45, 7) is 11.9. The number of hydrogen-bond acceptors (Lipinski definition) is 8. The van der Waals surface area contributed by atoms with Gasteiger partial charge in [-0.25, -0.2) is 14.4 Å². The Hall–Kier alpha value is -5.57. The smallest absolute Gasteiger partial charge is 0.341 e. The summed E-state index contributed by atoms with van der Waals surface area (Å²) in [7, 11) is 1.47. The van der Waals surface area contributed by atoms with Crippen molar-refractivity contribution in [3.63, 3.8) is 0 Å². The molecule has 0 amide bonds. The zero-order valence-corrected chi connectivity index (χ0v) is 25.0. The van der Waals surface area contributed by atoms with Crippen LogP contribution < -0.4 is 14.2 Å². The highest BCUT2D eigenvalue weighted by atomic mass is 16.5. The van der Waals surface area contributed by atoms with Gasteiger partial charge in [0.1, 0.15) is 17.2 Å². The van der Waals surface area contributed by atoms with Crippen molar-refractivity contribution in [3.05, 3.63) is 127 Å². The minimum absolute atomic E-state index is 0.0719. The van der Waals surface area contributed by atoms with Gasteiger partial charge in [-0.05, 0) is 71.1 Å². The molecule has 1 N–H and O–H groups in total. The Kier molecular flexibility index (Phi) is 10.6. The average molecular weight is 605 g/mol. The molecule has 0 aliphatic rings. The van der Waals surface area contributed by atoms with E-state index in [2.05, 4.69) is 19.7 Å². The van der Waals surface area contributed by atoms with Crippen molar-refractivity contribution < 1.29 is 38.4 Å². The molecule has 8 nitrogen and oxygen atoms in total. The molecule has 4 rings (SSSR count). The molecular formula is C37H32O8. The van der Waals surface area contributed by atoms with Crippen LogP contribution in [-0.2, 0) is 19.1 Å². The average Bonchev–Trinajstić information content (AvgIpc) is 3.05. The fourth-order valence-corrected chi connectivity index (χ4v) is 4.14. The molecule has 0 fully saturated rings. The van der Waals surface area contributed by atoms with Gasteiger partial charge in [-0.15, -0.1) is 0 Å². The maximum atomic E-state index is 12.5. The van der Waals surface area contributed by atoms with Crippen LogP contribution in [0.2, 0.25) is 0 Å². The Bertz CT molecular complexity index is 1750. The Morgan fingerprint density at radius 2 is 1.04 bits per heavy atom. The first-order chi connectivity index (χ1) is 21.6. The Labute approximate surface area is 261 Å². The van der Waals surface area contributed by atoms with Crippen molar-refractivity contribution in [3.8, 4) is 50.6 Å². The van der Waals surface area contributed by atoms with E-state index >= 15 is 0 Å². The number of carbonyl (C=O) groups excluding carboxylic acids is 3. The molecule has 0 aliphatic carbocycles. The summed E-state index contributed by atoms with van der Waals surface area (Å²) >= 11 is 0. The number of ether oxygens (including phenoxy) is 4. The summed E-state index contributed by atoms with van der Waals surface area (Å²) in [6, 6.07) is 27.1. The molecule has 0 bridgehead atoms. The number of benzene rings is 4. The van der Waals surface area contributed by atoms with Crippen molar-refractivity contribution in [1.82, 2.24) is 0 Å². The lowest BCUT2D eigenvalue weighted by atomic mass is 9.96. The van der Waals surface area contributed by atoms with E-state index < -0.39 is 24.5 Å². The highest BCUT2D eigenvalue weighted by Crippen LogP contribution is 2.36. The molecule has 0 unspecified atom stereocenters. The second kappa shape index (κ2) is 14.7. The number of hydrogen-bond donors (Lipinski definition) is 1. The lowest BCUT2D eigenvalue weighted by molar-refractivity contribution is -0.131. The van der Waals surface area contributed by atoms with Crippen LogP contribution in [0.5, 0.6) is 17.2 Å². The van der Waals surface area contributed by atoms with Crippen LogP contribution >= 0.6 is 0 Å². The third-order valence-corrected chi connectivity index (χ3v) is 6.61. The third kappa shape index (κ3) is 8.29. The molecule has 8 heteroatoms. The van der Waals surface area contributed by atoms with Crippen molar-refractivity contribution in [2.45, 2.75) is 6.92 Å². The molecule has 0 saturated heterocycles. The van der Waals surface area contributed by atoms with E-state index in [1.807, 2.05) is 42.5 Å². The maximum Gasteiger partial charge on any atom is 0.341 e. The molecule has 0 radical (unpaired) electrons. The van der Waals surface area contributed by atoms with Gasteiger partial charge in [-0.3, -0.25) is 0 Å². The normalized spacial score (nSPS) is 10.5. The van der Waals surface area contributed by atoms with Gasteiger partial charge in [-0.1, -0.05) is 74.3 Å². The van der Waals surface area contributed by atoms with Crippen LogP contribution in [-0.4, -0.2) is 43.3 Å². The SMILES string of the molecule is C=C(C)C(=O)Oc1ccc(-c2ccc(-c3cc(-c4ccc(OC(=O)C(=C)COC)cc4)ccc3OC(=O)C(=C)CO)cc2)cc1.